The monoisotopic (exact) mass is 342 g/mol. The summed E-state index contributed by atoms with van der Waals surface area (Å²) in [5.74, 6) is -0.282. The highest BCUT2D eigenvalue weighted by atomic mass is 79.9. The van der Waals surface area contributed by atoms with Crippen LogP contribution in [-0.2, 0) is 9.84 Å². The lowest BCUT2D eigenvalue weighted by Crippen LogP contribution is -1.98. The van der Waals surface area contributed by atoms with Crippen molar-refractivity contribution in [2.24, 2.45) is 0 Å². The Kier molecular flexibility index (Phi) is 4.06. The van der Waals surface area contributed by atoms with Crippen LogP contribution in [0.5, 0.6) is 0 Å². The number of benzene rings is 2. The van der Waals surface area contributed by atoms with Crippen LogP contribution in [0.15, 0.2) is 53.4 Å². The van der Waals surface area contributed by atoms with Crippen LogP contribution < -0.4 is 0 Å². The average Bonchev–Trinajstić information content (AvgIpc) is 2.38. The Labute approximate surface area is 120 Å². The summed E-state index contributed by atoms with van der Waals surface area (Å²) in [4.78, 5) is 0.191. The van der Waals surface area contributed by atoms with Gasteiger partial charge < -0.3 is 0 Å². The summed E-state index contributed by atoms with van der Waals surface area (Å²) < 4.78 is 35.6. The first-order valence-corrected chi connectivity index (χ1v) is 8.38. The number of hydrogen-bond donors (Lipinski definition) is 0. The van der Waals surface area contributed by atoms with Gasteiger partial charge in [0.25, 0.3) is 0 Å². The van der Waals surface area contributed by atoms with Gasteiger partial charge in [0.05, 0.1) is 9.72 Å². The predicted octanol–water partition coefficient (Wildman–Crippen LogP) is 3.71. The molecule has 0 saturated carbocycles. The maximum absolute atomic E-state index is 12.9. The van der Waals surface area contributed by atoms with Gasteiger partial charge in [-0.1, -0.05) is 40.2 Å². The van der Waals surface area contributed by atoms with E-state index in [0.29, 0.717) is 0 Å². The van der Waals surface area contributed by atoms with E-state index in [1.807, 2.05) is 0 Å². The van der Waals surface area contributed by atoms with Gasteiger partial charge in [-0.25, -0.2) is 12.8 Å². The molecule has 0 saturated heterocycles. The zero-order valence-corrected chi connectivity index (χ0v) is 12.6. The van der Waals surface area contributed by atoms with Crippen LogP contribution in [0.25, 0.3) is 0 Å². The highest BCUT2D eigenvalue weighted by Crippen LogP contribution is 2.31. The van der Waals surface area contributed by atoms with Gasteiger partial charge in [-0.2, -0.15) is 0 Å². The van der Waals surface area contributed by atoms with E-state index in [-0.39, 0.29) is 15.5 Å². The third-order valence-corrected chi connectivity index (χ3v) is 4.95. The molecule has 19 heavy (non-hydrogen) atoms. The molecule has 5 heteroatoms. The molecule has 0 radical (unpaired) electrons. The van der Waals surface area contributed by atoms with E-state index in [1.54, 1.807) is 36.4 Å². The minimum Gasteiger partial charge on any atom is -0.224 e. The molecule has 0 amide bonds. The molecule has 0 aliphatic carbocycles. The first kappa shape index (κ1) is 14.2. The highest BCUT2D eigenvalue weighted by molar-refractivity contribution is 9.09. The molecule has 2 rings (SSSR count). The molecule has 0 aliphatic rings. The fraction of sp³-hybridized carbons (Fsp3) is 0.143. The van der Waals surface area contributed by atoms with Crippen molar-refractivity contribution in [2.45, 2.75) is 9.72 Å². The molecule has 0 aromatic heterocycles. The molecule has 1 unspecified atom stereocenters. The van der Waals surface area contributed by atoms with Crippen LogP contribution in [0.1, 0.15) is 16.0 Å². The number of hydrogen-bond acceptors (Lipinski definition) is 2. The van der Waals surface area contributed by atoms with Crippen LogP contribution in [0.3, 0.4) is 0 Å². The van der Waals surface area contributed by atoms with Crippen LogP contribution >= 0.6 is 15.9 Å². The lowest BCUT2D eigenvalue weighted by Gasteiger charge is -2.11. The molecule has 0 spiro atoms. The molecule has 0 bridgehead atoms. The summed E-state index contributed by atoms with van der Waals surface area (Å²) in [7, 11) is -3.18. The summed E-state index contributed by atoms with van der Waals surface area (Å²) in [5, 5.41) is 0. The Morgan fingerprint density at radius 3 is 1.79 bits per heavy atom. The van der Waals surface area contributed by atoms with Crippen molar-refractivity contribution in [1.82, 2.24) is 0 Å². The average molecular weight is 343 g/mol. The van der Waals surface area contributed by atoms with E-state index in [4.69, 9.17) is 0 Å². The smallest absolute Gasteiger partial charge is 0.175 e. The first-order chi connectivity index (χ1) is 8.88. The fourth-order valence-electron chi connectivity index (χ4n) is 1.71. The van der Waals surface area contributed by atoms with Gasteiger partial charge in [0.2, 0.25) is 0 Å². The molecule has 2 aromatic rings. The van der Waals surface area contributed by atoms with Gasteiger partial charge in [-0.15, -0.1) is 0 Å². The second-order valence-electron chi connectivity index (χ2n) is 4.26. The van der Waals surface area contributed by atoms with Gasteiger partial charge in [-0.05, 0) is 35.4 Å². The number of sulfone groups is 1. The van der Waals surface area contributed by atoms with Crippen molar-refractivity contribution < 1.29 is 12.8 Å². The van der Waals surface area contributed by atoms with E-state index >= 15 is 0 Å². The molecular formula is C14H12BrFO2S. The summed E-state index contributed by atoms with van der Waals surface area (Å²) >= 11 is 3.52. The molecule has 1 atom stereocenters. The Bertz CT molecular complexity index is 664. The highest BCUT2D eigenvalue weighted by Gasteiger charge is 2.12. The molecular weight excluding hydrogens is 331 g/mol. The van der Waals surface area contributed by atoms with E-state index in [0.717, 1.165) is 11.1 Å². The van der Waals surface area contributed by atoms with Gasteiger partial charge in [-0.3, -0.25) is 0 Å². The summed E-state index contributed by atoms with van der Waals surface area (Å²) in [6.45, 7) is 0. The van der Waals surface area contributed by atoms with Gasteiger partial charge in [0, 0.05) is 6.26 Å². The van der Waals surface area contributed by atoms with Crippen LogP contribution in [-0.4, -0.2) is 14.7 Å². The lowest BCUT2D eigenvalue weighted by molar-refractivity contribution is 0.602. The zero-order valence-electron chi connectivity index (χ0n) is 10.2. The minimum absolute atomic E-state index is 0.0956. The molecule has 2 nitrogen and oxygen atoms in total. The van der Waals surface area contributed by atoms with Crippen molar-refractivity contribution in [3.05, 3.63) is 65.5 Å². The number of halogens is 2. The summed E-state index contributed by atoms with van der Waals surface area (Å²) in [6, 6.07) is 12.8. The van der Waals surface area contributed by atoms with Gasteiger partial charge >= 0.3 is 0 Å². The fourth-order valence-corrected chi connectivity index (χ4v) is 2.95. The predicted molar refractivity (Wildman–Crippen MR) is 76.7 cm³/mol. The Hall–Kier alpha value is -1.20. The van der Waals surface area contributed by atoms with E-state index in [2.05, 4.69) is 15.9 Å². The normalized spacial score (nSPS) is 13.2. The SMILES string of the molecule is CS(=O)(=O)c1ccc(C(Br)c2ccc(F)cc2)cc1. The van der Waals surface area contributed by atoms with Crippen LogP contribution in [0.4, 0.5) is 4.39 Å². The second kappa shape index (κ2) is 5.43. The largest absolute Gasteiger partial charge is 0.224 e. The Morgan fingerprint density at radius 2 is 1.37 bits per heavy atom. The Morgan fingerprint density at radius 1 is 0.947 bits per heavy atom. The van der Waals surface area contributed by atoms with Crippen molar-refractivity contribution in [3.63, 3.8) is 0 Å². The third-order valence-electron chi connectivity index (χ3n) is 2.76. The zero-order chi connectivity index (χ0) is 14.0. The lowest BCUT2D eigenvalue weighted by atomic mass is 10.1. The van der Waals surface area contributed by atoms with E-state index < -0.39 is 9.84 Å². The summed E-state index contributed by atoms with van der Waals surface area (Å²) in [5.41, 5.74) is 1.83. The van der Waals surface area contributed by atoms with Crippen LogP contribution in [0.2, 0.25) is 0 Å². The van der Waals surface area contributed by atoms with Gasteiger partial charge in [0.1, 0.15) is 5.82 Å². The quantitative estimate of drug-likeness (QED) is 0.796. The minimum atomic E-state index is -3.18. The topological polar surface area (TPSA) is 34.1 Å². The third kappa shape index (κ3) is 3.42. The molecule has 0 fully saturated rings. The molecule has 100 valence electrons. The van der Waals surface area contributed by atoms with Crippen LogP contribution in [0, 0.1) is 5.82 Å². The first-order valence-electron chi connectivity index (χ1n) is 5.57. The van der Waals surface area contributed by atoms with E-state index in [1.165, 1.54) is 18.4 Å². The molecule has 2 aromatic carbocycles. The number of alkyl halides is 1. The van der Waals surface area contributed by atoms with Crippen molar-refractivity contribution in [2.75, 3.05) is 6.26 Å². The molecule has 0 aliphatic heterocycles. The van der Waals surface area contributed by atoms with Crippen molar-refractivity contribution in [1.29, 1.82) is 0 Å². The van der Waals surface area contributed by atoms with Crippen molar-refractivity contribution >= 4 is 25.8 Å². The molecule has 0 heterocycles. The van der Waals surface area contributed by atoms with Gasteiger partial charge in [0.15, 0.2) is 9.84 Å². The summed E-state index contributed by atoms with van der Waals surface area (Å²) in [6.07, 6.45) is 1.17. The Balaban J connectivity index is 2.30. The van der Waals surface area contributed by atoms with Crippen molar-refractivity contribution in [3.8, 4) is 0 Å². The standard InChI is InChI=1S/C14H12BrFO2S/c1-19(17,18)13-8-4-11(5-9-13)14(15)10-2-6-12(16)7-3-10/h2-9,14H,1H3. The van der Waals surface area contributed by atoms with E-state index in [9.17, 15) is 12.8 Å². The second-order valence-corrected chi connectivity index (χ2v) is 7.19. The number of rotatable bonds is 3. The maximum Gasteiger partial charge on any atom is 0.175 e. The molecule has 0 N–H and O–H groups in total. The maximum atomic E-state index is 12.9.